The molecule has 0 aromatic rings. The van der Waals surface area contributed by atoms with E-state index in [1.165, 1.54) is 0 Å². The molecule has 8 nitrogen and oxygen atoms in total. The summed E-state index contributed by atoms with van der Waals surface area (Å²) in [6.07, 6.45) is -0.117. The Morgan fingerprint density at radius 1 is 1.41 bits per heavy atom. The van der Waals surface area contributed by atoms with Crippen LogP contribution in [0.4, 0.5) is 0 Å². The maximum absolute atomic E-state index is 11.2. The van der Waals surface area contributed by atoms with Gasteiger partial charge in [-0.05, 0) is 19.4 Å². The van der Waals surface area contributed by atoms with Gasteiger partial charge in [-0.2, -0.15) is 0 Å². The first-order valence-corrected chi connectivity index (χ1v) is 6.88. The van der Waals surface area contributed by atoms with E-state index >= 15 is 0 Å². The van der Waals surface area contributed by atoms with Gasteiger partial charge in [-0.25, -0.2) is 0 Å². The van der Waals surface area contributed by atoms with Crippen LogP contribution in [0.25, 0.3) is 0 Å². The van der Waals surface area contributed by atoms with Crippen LogP contribution in [-0.2, 0) is 14.2 Å². The quantitative estimate of drug-likeness (QED) is 0.390. The number of hydrogen-bond acceptors (Lipinski definition) is 4. The molecule has 0 radical (unpaired) electrons. The van der Waals surface area contributed by atoms with Gasteiger partial charge in [-0.3, -0.25) is 14.2 Å². The van der Waals surface area contributed by atoms with E-state index in [1.54, 1.807) is 0 Å². The predicted molar refractivity (Wildman–Crippen MR) is 57.5 cm³/mol. The third-order valence-electron chi connectivity index (χ3n) is 2.42. The van der Waals surface area contributed by atoms with Crippen LogP contribution < -0.4 is 10.6 Å². The fourth-order valence-electron chi connectivity index (χ4n) is 1.70. The third kappa shape index (κ3) is 5.27. The topological polar surface area (TPSA) is 136 Å². The number of carbonyl (C=O) groups excluding carboxylic acids is 1. The molecule has 1 heterocycles. The van der Waals surface area contributed by atoms with Gasteiger partial charge in [0.2, 0.25) is 5.91 Å². The van der Waals surface area contributed by atoms with Crippen molar-refractivity contribution in [2.45, 2.75) is 24.9 Å². The van der Waals surface area contributed by atoms with Crippen molar-refractivity contribution in [1.82, 2.24) is 10.6 Å². The number of piperidine rings is 1. The number of hydrogen-bond donors (Lipinski definition) is 5. The molecular weight excluding hydrogens is 251 g/mol. The van der Waals surface area contributed by atoms with Gasteiger partial charge < -0.3 is 25.5 Å². The van der Waals surface area contributed by atoms with Crippen molar-refractivity contribution < 1.29 is 29.0 Å². The first-order chi connectivity index (χ1) is 7.78. The Kier molecular flexibility index (Phi) is 4.64. The van der Waals surface area contributed by atoms with Crippen molar-refractivity contribution in [2.75, 3.05) is 12.7 Å². The number of carboxylic acids is 1. The van der Waals surface area contributed by atoms with Crippen LogP contribution >= 0.6 is 7.60 Å². The molecule has 0 saturated carbocycles. The highest BCUT2D eigenvalue weighted by Gasteiger charge is 2.28. The van der Waals surface area contributed by atoms with Crippen molar-refractivity contribution in [1.29, 1.82) is 0 Å². The highest BCUT2D eigenvalue weighted by Crippen LogP contribution is 2.33. The summed E-state index contributed by atoms with van der Waals surface area (Å²) >= 11 is 0. The summed E-state index contributed by atoms with van der Waals surface area (Å²) in [6.45, 7) is 0.442. The predicted octanol–water partition coefficient (Wildman–Crippen LogP) is -1.51. The lowest BCUT2D eigenvalue weighted by Gasteiger charge is -2.28. The molecule has 0 aromatic carbocycles. The van der Waals surface area contributed by atoms with E-state index in [-0.39, 0.29) is 12.5 Å². The van der Waals surface area contributed by atoms with Gasteiger partial charge in [0.05, 0.1) is 0 Å². The normalized spacial score (nSPS) is 25.3. The fraction of sp³-hybridized carbons (Fsp3) is 0.750. The first-order valence-electron chi connectivity index (χ1n) is 5.08. The van der Waals surface area contributed by atoms with E-state index in [9.17, 15) is 14.2 Å². The summed E-state index contributed by atoms with van der Waals surface area (Å²) in [7, 11) is -4.37. The number of carbonyl (C=O) groups is 2. The van der Waals surface area contributed by atoms with Gasteiger partial charge in [0.25, 0.3) is 0 Å². The van der Waals surface area contributed by atoms with E-state index in [1.807, 2.05) is 0 Å². The average Bonchev–Trinajstić information content (AvgIpc) is 2.14. The Hall–Kier alpha value is -0.950. The van der Waals surface area contributed by atoms with E-state index in [0.717, 1.165) is 0 Å². The molecule has 1 amide bonds. The van der Waals surface area contributed by atoms with E-state index in [2.05, 4.69) is 10.6 Å². The summed E-state index contributed by atoms with van der Waals surface area (Å²) in [5.74, 6) is -1.76. The van der Waals surface area contributed by atoms with Crippen LogP contribution in [0.5, 0.6) is 0 Å². The van der Waals surface area contributed by atoms with E-state index in [4.69, 9.17) is 14.9 Å². The summed E-state index contributed by atoms with van der Waals surface area (Å²) in [4.78, 5) is 39.2. The van der Waals surface area contributed by atoms with Gasteiger partial charge in [-0.1, -0.05) is 0 Å². The minimum Gasteiger partial charge on any atom is -0.480 e. The zero-order valence-electron chi connectivity index (χ0n) is 9.00. The molecule has 0 bridgehead atoms. The number of carboxylic acid groups (broad SMARTS) is 1. The van der Waals surface area contributed by atoms with Crippen molar-refractivity contribution in [3.63, 3.8) is 0 Å². The molecule has 0 spiro atoms. The maximum Gasteiger partial charge on any atom is 0.334 e. The molecule has 2 unspecified atom stereocenters. The largest absolute Gasteiger partial charge is 0.480 e. The van der Waals surface area contributed by atoms with Gasteiger partial charge in [-0.15, -0.1) is 0 Å². The highest BCUT2D eigenvalue weighted by molar-refractivity contribution is 7.52. The van der Waals surface area contributed by atoms with Crippen LogP contribution in [0.1, 0.15) is 12.8 Å². The Bertz CT molecular complexity index is 354. The SMILES string of the molecule is O=C(CP(=O)(O)O)NC1CCNC(C(=O)O)C1. The van der Waals surface area contributed by atoms with Crippen LogP contribution in [0.15, 0.2) is 0 Å². The Morgan fingerprint density at radius 3 is 2.59 bits per heavy atom. The molecule has 2 atom stereocenters. The molecule has 98 valence electrons. The molecule has 1 aliphatic rings. The second-order valence-electron chi connectivity index (χ2n) is 3.96. The lowest BCUT2D eigenvalue weighted by Crippen LogP contribution is -2.51. The molecule has 17 heavy (non-hydrogen) atoms. The van der Waals surface area contributed by atoms with Crippen molar-refractivity contribution in [2.24, 2.45) is 0 Å². The van der Waals surface area contributed by atoms with Crippen LogP contribution in [0.3, 0.4) is 0 Å². The molecule has 1 rings (SSSR count). The molecule has 9 heteroatoms. The van der Waals surface area contributed by atoms with Gasteiger partial charge in [0.1, 0.15) is 12.2 Å². The maximum atomic E-state index is 11.2. The number of nitrogens with one attached hydrogen (secondary N) is 2. The molecule has 1 aliphatic heterocycles. The minimum absolute atomic E-state index is 0.211. The molecule has 0 aromatic heterocycles. The molecule has 0 aliphatic carbocycles. The lowest BCUT2D eigenvalue weighted by atomic mass is 9.99. The number of amides is 1. The Labute approximate surface area is 97.6 Å². The third-order valence-corrected chi connectivity index (χ3v) is 3.12. The summed E-state index contributed by atoms with van der Waals surface area (Å²) in [5, 5.41) is 14.0. The van der Waals surface area contributed by atoms with E-state index in [0.29, 0.717) is 13.0 Å². The zero-order chi connectivity index (χ0) is 13.1. The monoisotopic (exact) mass is 266 g/mol. The first kappa shape index (κ1) is 14.1. The van der Waals surface area contributed by atoms with Crippen molar-refractivity contribution in [3.8, 4) is 0 Å². The van der Waals surface area contributed by atoms with Crippen molar-refractivity contribution >= 4 is 19.5 Å². The van der Waals surface area contributed by atoms with Gasteiger partial charge in [0.15, 0.2) is 0 Å². The summed E-state index contributed by atoms with van der Waals surface area (Å²) in [6, 6.07) is -1.10. The molecule has 1 saturated heterocycles. The minimum atomic E-state index is -4.37. The fourth-order valence-corrected chi connectivity index (χ4v) is 2.16. The highest BCUT2D eigenvalue weighted by atomic mass is 31.2. The van der Waals surface area contributed by atoms with E-state index < -0.39 is 31.7 Å². The second kappa shape index (κ2) is 5.59. The lowest BCUT2D eigenvalue weighted by molar-refractivity contribution is -0.140. The van der Waals surface area contributed by atoms with Crippen LogP contribution in [-0.4, -0.2) is 51.6 Å². The zero-order valence-corrected chi connectivity index (χ0v) is 9.89. The summed E-state index contributed by atoms with van der Waals surface area (Å²) in [5.41, 5.74) is 0. The number of rotatable bonds is 4. The van der Waals surface area contributed by atoms with Crippen molar-refractivity contribution in [3.05, 3.63) is 0 Å². The molecular formula is C8H15N2O6P. The smallest absolute Gasteiger partial charge is 0.334 e. The second-order valence-corrected chi connectivity index (χ2v) is 5.60. The Morgan fingerprint density at radius 2 is 2.06 bits per heavy atom. The van der Waals surface area contributed by atoms with Gasteiger partial charge >= 0.3 is 13.6 Å². The van der Waals surface area contributed by atoms with Crippen LogP contribution in [0.2, 0.25) is 0 Å². The molecule has 5 N–H and O–H groups in total. The average molecular weight is 266 g/mol. The Balaban J connectivity index is 2.44. The summed E-state index contributed by atoms with van der Waals surface area (Å²) < 4.78 is 10.6. The standard InChI is InChI=1S/C8H15N2O6P/c11-7(4-17(14,15)16)10-5-1-2-9-6(3-5)8(12)13/h5-6,9H,1-4H2,(H,10,11)(H,12,13)(H2,14,15,16). The number of aliphatic carboxylic acids is 1. The van der Waals surface area contributed by atoms with Crippen LogP contribution in [0, 0.1) is 0 Å². The van der Waals surface area contributed by atoms with Gasteiger partial charge in [0, 0.05) is 6.04 Å². The molecule has 1 fully saturated rings.